The highest BCUT2D eigenvalue weighted by atomic mass is 19.1. The highest BCUT2D eigenvalue weighted by molar-refractivity contribution is 6.01. The van der Waals surface area contributed by atoms with Crippen LogP contribution in [0.1, 0.15) is 48.4 Å². The molecule has 154 valence electrons. The number of carbonyl (C=O) groups excluding carboxylic acids is 3. The molecule has 1 aliphatic heterocycles. The average Bonchev–Trinajstić information content (AvgIpc) is 2.60. The summed E-state index contributed by atoms with van der Waals surface area (Å²) in [4.78, 5) is 37.7. The van der Waals surface area contributed by atoms with E-state index in [0.717, 1.165) is 12.1 Å². The molecule has 1 aromatic rings. The van der Waals surface area contributed by atoms with Gasteiger partial charge in [0.05, 0.1) is 24.3 Å². The molecule has 0 aliphatic carbocycles. The van der Waals surface area contributed by atoms with Crippen molar-refractivity contribution < 1.29 is 37.4 Å². The summed E-state index contributed by atoms with van der Waals surface area (Å²) >= 11 is 0. The van der Waals surface area contributed by atoms with Crippen LogP contribution < -0.4 is 0 Å². The summed E-state index contributed by atoms with van der Waals surface area (Å²) < 4.78 is 43.9. The number of Topliss-reactive ketones (excluding diaryl/α,β-unsaturated/α-hetero) is 1. The number of rotatable bonds is 4. The van der Waals surface area contributed by atoms with Crippen LogP contribution in [-0.4, -0.2) is 60.8 Å². The molecule has 1 atom stereocenters. The Labute approximate surface area is 161 Å². The SMILES string of the molecule is C[C@H](OC(=O)N1CCOCC1)C(=O)c1c(F)cc(C(=O)OC(C)(C)C)cc1F. The lowest BCUT2D eigenvalue weighted by Crippen LogP contribution is -2.43. The van der Waals surface area contributed by atoms with E-state index in [-0.39, 0.29) is 5.56 Å². The predicted molar refractivity (Wildman–Crippen MR) is 94.2 cm³/mol. The summed E-state index contributed by atoms with van der Waals surface area (Å²) in [6, 6.07) is 1.45. The smallest absolute Gasteiger partial charge is 0.410 e. The van der Waals surface area contributed by atoms with Crippen LogP contribution in [-0.2, 0) is 14.2 Å². The van der Waals surface area contributed by atoms with E-state index in [1.54, 1.807) is 20.8 Å². The molecule has 0 radical (unpaired) electrons. The summed E-state index contributed by atoms with van der Waals surface area (Å²) in [5.41, 5.74) is -2.09. The van der Waals surface area contributed by atoms with Crippen molar-refractivity contribution in [3.8, 4) is 0 Å². The van der Waals surface area contributed by atoms with Gasteiger partial charge in [-0.1, -0.05) is 0 Å². The van der Waals surface area contributed by atoms with Gasteiger partial charge >= 0.3 is 12.1 Å². The van der Waals surface area contributed by atoms with Crippen molar-refractivity contribution in [2.75, 3.05) is 26.3 Å². The van der Waals surface area contributed by atoms with Crippen LogP contribution in [0, 0.1) is 11.6 Å². The number of nitrogens with zero attached hydrogens (tertiary/aromatic N) is 1. The minimum Gasteiger partial charge on any atom is -0.456 e. The minimum absolute atomic E-state index is 0.299. The van der Waals surface area contributed by atoms with Gasteiger partial charge in [-0.05, 0) is 39.8 Å². The van der Waals surface area contributed by atoms with Gasteiger partial charge in [0.15, 0.2) is 6.10 Å². The normalized spacial score (nSPS) is 15.7. The highest BCUT2D eigenvalue weighted by Gasteiger charge is 2.30. The zero-order valence-electron chi connectivity index (χ0n) is 16.2. The van der Waals surface area contributed by atoms with Gasteiger partial charge in [0.2, 0.25) is 5.78 Å². The fourth-order valence-corrected chi connectivity index (χ4v) is 2.49. The third-order valence-corrected chi connectivity index (χ3v) is 3.84. The van der Waals surface area contributed by atoms with E-state index in [1.807, 2.05) is 0 Å². The molecule has 0 bridgehead atoms. The number of esters is 1. The first kappa shape index (κ1) is 21.7. The number of hydrogen-bond donors (Lipinski definition) is 0. The van der Waals surface area contributed by atoms with Crippen molar-refractivity contribution >= 4 is 17.8 Å². The Morgan fingerprint density at radius 3 is 2.14 bits per heavy atom. The molecule has 0 spiro atoms. The number of ketones is 1. The largest absolute Gasteiger partial charge is 0.456 e. The average molecular weight is 399 g/mol. The molecule has 1 saturated heterocycles. The van der Waals surface area contributed by atoms with Gasteiger partial charge in [0.25, 0.3) is 0 Å². The number of ether oxygens (including phenoxy) is 3. The van der Waals surface area contributed by atoms with Crippen molar-refractivity contribution in [1.82, 2.24) is 4.90 Å². The first-order valence-corrected chi connectivity index (χ1v) is 8.79. The van der Waals surface area contributed by atoms with E-state index in [1.165, 1.54) is 11.8 Å². The Kier molecular flexibility index (Phi) is 6.71. The lowest BCUT2D eigenvalue weighted by atomic mass is 10.0. The Morgan fingerprint density at radius 1 is 1.11 bits per heavy atom. The number of carbonyl (C=O) groups is 3. The van der Waals surface area contributed by atoms with E-state index in [4.69, 9.17) is 14.2 Å². The lowest BCUT2D eigenvalue weighted by Gasteiger charge is -2.27. The number of hydrogen-bond acceptors (Lipinski definition) is 6. The second-order valence-electron chi connectivity index (χ2n) is 7.31. The first-order valence-electron chi connectivity index (χ1n) is 8.79. The van der Waals surface area contributed by atoms with Crippen LogP contribution in [0.15, 0.2) is 12.1 Å². The Hall–Kier alpha value is -2.55. The molecule has 2 rings (SSSR count). The lowest BCUT2D eigenvalue weighted by molar-refractivity contribution is 0.00681. The van der Waals surface area contributed by atoms with Crippen molar-refractivity contribution in [3.05, 3.63) is 34.9 Å². The molecule has 7 nitrogen and oxygen atoms in total. The van der Waals surface area contributed by atoms with Crippen LogP contribution in [0.3, 0.4) is 0 Å². The Balaban J connectivity index is 2.14. The Morgan fingerprint density at radius 2 is 1.64 bits per heavy atom. The quantitative estimate of drug-likeness (QED) is 0.572. The topological polar surface area (TPSA) is 82.1 Å². The number of benzene rings is 1. The van der Waals surface area contributed by atoms with Crippen molar-refractivity contribution in [1.29, 1.82) is 0 Å². The second kappa shape index (κ2) is 8.64. The van der Waals surface area contributed by atoms with Crippen LogP contribution in [0.25, 0.3) is 0 Å². The fourth-order valence-electron chi connectivity index (χ4n) is 2.49. The van der Waals surface area contributed by atoms with Crippen molar-refractivity contribution in [2.45, 2.75) is 39.4 Å². The molecule has 9 heteroatoms. The summed E-state index contributed by atoms with van der Waals surface area (Å²) in [5, 5.41) is 0. The van der Waals surface area contributed by atoms with E-state index in [2.05, 4.69) is 0 Å². The predicted octanol–water partition coefficient (Wildman–Crippen LogP) is 2.96. The van der Waals surface area contributed by atoms with Crippen LogP contribution in [0.5, 0.6) is 0 Å². The van der Waals surface area contributed by atoms with E-state index in [9.17, 15) is 23.2 Å². The monoisotopic (exact) mass is 399 g/mol. The van der Waals surface area contributed by atoms with Crippen LogP contribution in [0.2, 0.25) is 0 Å². The molecular formula is C19H23F2NO6. The molecule has 1 fully saturated rings. The number of amides is 1. The van der Waals surface area contributed by atoms with E-state index < -0.39 is 46.7 Å². The van der Waals surface area contributed by atoms with Gasteiger partial charge in [0, 0.05) is 13.1 Å². The summed E-state index contributed by atoms with van der Waals surface area (Å²) in [5.74, 6) is -4.44. The molecule has 1 amide bonds. The zero-order chi connectivity index (χ0) is 21.1. The number of morpholine rings is 1. The minimum atomic E-state index is -1.41. The molecule has 1 heterocycles. The fraction of sp³-hybridized carbons (Fsp3) is 0.526. The maximum Gasteiger partial charge on any atom is 0.410 e. The summed E-state index contributed by atoms with van der Waals surface area (Å²) in [6.07, 6.45) is -2.18. The molecule has 1 aromatic carbocycles. The van der Waals surface area contributed by atoms with Crippen molar-refractivity contribution in [2.24, 2.45) is 0 Å². The molecule has 0 unspecified atom stereocenters. The molecule has 0 aromatic heterocycles. The Bertz CT molecular complexity index is 745. The van der Waals surface area contributed by atoms with Gasteiger partial charge in [-0.15, -0.1) is 0 Å². The number of halogens is 2. The molecule has 28 heavy (non-hydrogen) atoms. The summed E-state index contributed by atoms with van der Waals surface area (Å²) in [6.45, 7) is 7.33. The zero-order valence-corrected chi connectivity index (χ0v) is 16.2. The van der Waals surface area contributed by atoms with Gasteiger partial charge in [-0.3, -0.25) is 4.79 Å². The maximum atomic E-state index is 14.4. The van der Waals surface area contributed by atoms with E-state index >= 15 is 0 Å². The van der Waals surface area contributed by atoms with E-state index in [0.29, 0.717) is 26.3 Å². The van der Waals surface area contributed by atoms with Gasteiger partial charge in [0.1, 0.15) is 17.2 Å². The molecular weight excluding hydrogens is 376 g/mol. The van der Waals surface area contributed by atoms with Gasteiger partial charge < -0.3 is 19.1 Å². The van der Waals surface area contributed by atoms with Crippen LogP contribution >= 0.6 is 0 Å². The summed E-state index contributed by atoms with van der Waals surface area (Å²) in [7, 11) is 0. The highest BCUT2D eigenvalue weighted by Crippen LogP contribution is 2.21. The standard InChI is InChI=1S/C19H23F2NO6/c1-11(27-18(25)22-5-7-26-8-6-22)16(23)15-13(20)9-12(10-14(15)21)17(24)28-19(2,3)4/h9-11H,5-8H2,1-4H3/t11-/m0/s1. The van der Waals surface area contributed by atoms with Crippen LogP contribution in [0.4, 0.5) is 13.6 Å². The van der Waals surface area contributed by atoms with Gasteiger partial charge in [-0.2, -0.15) is 0 Å². The van der Waals surface area contributed by atoms with Crippen molar-refractivity contribution in [3.63, 3.8) is 0 Å². The molecule has 0 N–H and O–H groups in total. The molecule has 1 aliphatic rings. The first-order chi connectivity index (χ1) is 13.0. The third-order valence-electron chi connectivity index (χ3n) is 3.84. The van der Waals surface area contributed by atoms with Gasteiger partial charge in [-0.25, -0.2) is 18.4 Å². The molecule has 0 saturated carbocycles. The maximum absolute atomic E-state index is 14.4. The second-order valence-corrected chi connectivity index (χ2v) is 7.31. The third kappa shape index (κ3) is 5.48.